The van der Waals surface area contributed by atoms with E-state index in [2.05, 4.69) is 15.5 Å². The Morgan fingerprint density at radius 1 is 1.36 bits per heavy atom. The minimum Gasteiger partial charge on any atom is -0.379 e. The molecule has 2 heterocycles. The number of aromatic nitrogens is 2. The van der Waals surface area contributed by atoms with Gasteiger partial charge in [-0.15, -0.1) is 5.10 Å². The molecule has 1 aliphatic carbocycles. The maximum Gasteiger partial charge on any atom is 0.416 e. The Balaban J connectivity index is 1.67. The summed E-state index contributed by atoms with van der Waals surface area (Å²) in [6.45, 7) is 4.74. The lowest BCUT2D eigenvalue weighted by Gasteiger charge is -2.30. The lowest BCUT2D eigenvalue weighted by Crippen LogP contribution is -2.42. The second kappa shape index (κ2) is 8.71. The van der Waals surface area contributed by atoms with E-state index in [-0.39, 0.29) is 11.7 Å². The molecule has 1 saturated heterocycles. The van der Waals surface area contributed by atoms with Gasteiger partial charge in [0.2, 0.25) is 0 Å². The van der Waals surface area contributed by atoms with Crippen LogP contribution >= 0.6 is 0 Å². The number of fused-ring (bicyclic) bond motifs is 1. The average Bonchev–Trinajstić information content (AvgIpc) is 3.25. The molecule has 0 saturated carbocycles. The van der Waals surface area contributed by atoms with Crippen LogP contribution in [0.3, 0.4) is 0 Å². The lowest BCUT2D eigenvalue weighted by atomic mass is 9.94. The summed E-state index contributed by atoms with van der Waals surface area (Å²) in [6, 6.07) is 1.84. The van der Waals surface area contributed by atoms with Crippen LogP contribution in [0.5, 0.6) is 0 Å². The van der Waals surface area contributed by atoms with Crippen LogP contribution in [0.1, 0.15) is 43.9 Å². The van der Waals surface area contributed by atoms with Crippen LogP contribution in [-0.2, 0) is 15.7 Å². The van der Waals surface area contributed by atoms with E-state index in [9.17, 15) is 23.3 Å². The number of ether oxygens (including phenoxy) is 2. The van der Waals surface area contributed by atoms with E-state index in [0.29, 0.717) is 36.7 Å². The second-order valence-corrected chi connectivity index (χ2v) is 8.47. The highest BCUT2D eigenvalue weighted by molar-refractivity contribution is 5.54. The molecule has 1 fully saturated rings. The molecule has 1 aromatic carbocycles. The van der Waals surface area contributed by atoms with E-state index in [4.69, 9.17) is 9.47 Å². The van der Waals surface area contributed by atoms with Crippen molar-refractivity contribution in [1.29, 1.82) is 0 Å². The number of nitrogens with one attached hydrogen (secondary N) is 1. The summed E-state index contributed by atoms with van der Waals surface area (Å²) < 4.78 is 51.5. The monoisotopic (exact) mass is 464 g/mol. The van der Waals surface area contributed by atoms with Crippen molar-refractivity contribution in [2.75, 3.05) is 18.5 Å². The van der Waals surface area contributed by atoms with Gasteiger partial charge in [-0.25, -0.2) is 0 Å². The number of hydrogen-bond acceptors (Lipinski definition) is 7. The molecule has 0 bridgehead atoms. The smallest absolute Gasteiger partial charge is 0.379 e. The van der Waals surface area contributed by atoms with Gasteiger partial charge in [-0.05, 0) is 44.4 Å². The Bertz CT molecular complexity index is 1180. The molecule has 2 aromatic rings. The number of anilines is 1. The molecule has 0 radical (unpaired) electrons. The number of alkyl halides is 3. The number of non-ortho nitro benzene ring substituents is 1. The molecule has 8 nitrogen and oxygen atoms in total. The van der Waals surface area contributed by atoms with E-state index in [0.717, 1.165) is 23.8 Å². The number of benzene rings is 1. The number of hydrogen-bond donors (Lipinski definition) is 1. The molecular formula is C22H23F3N4O4. The molecular weight excluding hydrogens is 441 g/mol. The maximum atomic E-state index is 13.3. The fourth-order valence-electron chi connectivity index (χ4n) is 4.02. The van der Waals surface area contributed by atoms with Crippen LogP contribution in [0.4, 0.5) is 24.7 Å². The standard InChI is InChI=1S/C22H23F3N4O4/c1-13(15-7-16(22(23,24)25)9-17(8-15)29(30)31)27-20-19-10-21(2,33-18-4-6-32-12-18)5-3-14(19)11-26-28-20/h3,7-11,13,18H,4-6,12H2,1-2H3,(H,27,28)/t13?,18-,21?/m1/s1. The largest absolute Gasteiger partial charge is 0.416 e. The van der Waals surface area contributed by atoms with Crippen molar-refractivity contribution >= 4 is 23.7 Å². The van der Waals surface area contributed by atoms with Gasteiger partial charge in [0, 0.05) is 29.2 Å². The molecule has 1 N–H and O–H groups in total. The zero-order valence-corrected chi connectivity index (χ0v) is 18.1. The number of nitro benzene ring substituents is 1. The van der Waals surface area contributed by atoms with Gasteiger partial charge in [0.1, 0.15) is 0 Å². The van der Waals surface area contributed by atoms with Gasteiger partial charge in [-0.1, -0.05) is 6.08 Å². The van der Waals surface area contributed by atoms with Crippen molar-refractivity contribution in [2.45, 2.75) is 50.6 Å². The lowest BCUT2D eigenvalue weighted by molar-refractivity contribution is -0.385. The van der Waals surface area contributed by atoms with Crippen LogP contribution in [0.25, 0.3) is 12.2 Å². The first kappa shape index (κ1) is 23.1. The normalized spacial score (nSPS) is 23.2. The Morgan fingerprint density at radius 3 is 2.82 bits per heavy atom. The van der Waals surface area contributed by atoms with E-state index in [1.807, 2.05) is 19.1 Å². The predicted octanol–water partition coefficient (Wildman–Crippen LogP) is 3.11. The highest BCUT2D eigenvalue weighted by Gasteiger charge is 2.34. The Kier molecular flexibility index (Phi) is 6.10. The number of halogens is 3. The number of nitro groups is 1. The van der Waals surface area contributed by atoms with Crippen molar-refractivity contribution in [3.63, 3.8) is 0 Å². The number of rotatable bonds is 6. The van der Waals surface area contributed by atoms with Gasteiger partial charge in [0.15, 0.2) is 5.82 Å². The maximum absolute atomic E-state index is 13.3. The summed E-state index contributed by atoms with van der Waals surface area (Å²) in [7, 11) is 0. The molecule has 1 aliphatic heterocycles. The Labute approximate surface area is 187 Å². The van der Waals surface area contributed by atoms with Gasteiger partial charge in [-0.3, -0.25) is 10.1 Å². The summed E-state index contributed by atoms with van der Waals surface area (Å²) >= 11 is 0. The second-order valence-electron chi connectivity index (χ2n) is 8.47. The zero-order valence-electron chi connectivity index (χ0n) is 18.1. The van der Waals surface area contributed by atoms with Crippen molar-refractivity contribution in [3.8, 4) is 0 Å². The summed E-state index contributed by atoms with van der Waals surface area (Å²) in [5.74, 6) is 0.355. The SMILES string of the molecule is CC(Nc1nncc2c1=CC(C)(O[C@@H]1CCOC1)CC=2)c1cc([N+](=O)[O-])cc(C(F)(F)F)c1. The summed E-state index contributed by atoms with van der Waals surface area (Å²) in [5.41, 5.74) is -2.21. The van der Waals surface area contributed by atoms with Gasteiger partial charge >= 0.3 is 6.18 Å². The third kappa shape index (κ3) is 5.14. The molecule has 4 rings (SSSR count). The van der Waals surface area contributed by atoms with Crippen LogP contribution in [-0.4, -0.2) is 40.0 Å². The van der Waals surface area contributed by atoms with E-state index in [1.54, 1.807) is 13.1 Å². The summed E-state index contributed by atoms with van der Waals surface area (Å²) in [5, 5.41) is 23.9. The molecule has 2 unspecified atom stereocenters. The van der Waals surface area contributed by atoms with Crippen LogP contribution < -0.4 is 15.8 Å². The highest BCUT2D eigenvalue weighted by atomic mass is 19.4. The fourth-order valence-corrected chi connectivity index (χ4v) is 4.02. The average molecular weight is 464 g/mol. The van der Waals surface area contributed by atoms with Gasteiger partial charge in [0.05, 0.1) is 41.0 Å². The first-order valence-electron chi connectivity index (χ1n) is 10.5. The minimum atomic E-state index is -4.71. The molecule has 3 atom stereocenters. The van der Waals surface area contributed by atoms with E-state index in [1.165, 1.54) is 0 Å². The van der Waals surface area contributed by atoms with E-state index >= 15 is 0 Å². The van der Waals surface area contributed by atoms with E-state index < -0.39 is 34.0 Å². The van der Waals surface area contributed by atoms with Crippen molar-refractivity contribution < 1.29 is 27.6 Å². The minimum absolute atomic E-state index is 0.0167. The van der Waals surface area contributed by atoms with Crippen molar-refractivity contribution in [1.82, 2.24) is 10.2 Å². The first-order chi connectivity index (χ1) is 15.5. The molecule has 11 heteroatoms. The molecule has 0 spiro atoms. The van der Waals surface area contributed by atoms with Gasteiger partial charge in [-0.2, -0.15) is 18.3 Å². The Morgan fingerprint density at radius 2 is 2.15 bits per heavy atom. The first-order valence-corrected chi connectivity index (χ1v) is 10.5. The molecule has 176 valence electrons. The van der Waals surface area contributed by atoms with Gasteiger partial charge < -0.3 is 14.8 Å². The summed E-state index contributed by atoms with van der Waals surface area (Å²) in [6.07, 6.45) is 2.21. The van der Waals surface area contributed by atoms with Crippen molar-refractivity contribution in [3.05, 3.63) is 56.1 Å². The van der Waals surface area contributed by atoms with Gasteiger partial charge in [0.25, 0.3) is 5.69 Å². The highest BCUT2D eigenvalue weighted by Crippen LogP contribution is 2.34. The molecule has 33 heavy (non-hydrogen) atoms. The molecule has 2 aliphatic rings. The Hall–Kier alpha value is -3.05. The number of nitrogens with zero attached hydrogens (tertiary/aromatic N) is 3. The quantitative estimate of drug-likeness (QED) is 0.518. The third-order valence-corrected chi connectivity index (χ3v) is 5.75. The fraction of sp³-hybridized carbons (Fsp3) is 0.455. The third-order valence-electron chi connectivity index (χ3n) is 5.75. The molecule has 0 amide bonds. The van der Waals surface area contributed by atoms with Crippen LogP contribution in [0.15, 0.2) is 24.4 Å². The topological polar surface area (TPSA) is 99.4 Å². The molecule has 1 aromatic heterocycles. The van der Waals surface area contributed by atoms with Crippen molar-refractivity contribution in [2.24, 2.45) is 0 Å². The predicted molar refractivity (Wildman–Crippen MR) is 114 cm³/mol. The van der Waals surface area contributed by atoms with Crippen LogP contribution in [0.2, 0.25) is 0 Å². The summed E-state index contributed by atoms with van der Waals surface area (Å²) in [4.78, 5) is 10.3. The zero-order chi connectivity index (χ0) is 23.8. The van der Waals surface area contributed by atoms with Crippen LogP contribution in [0, 0.1) is 10.1 Å².